The fourth-order valence-corrected chi connectivity index (χ4v) is 1.85. The van der Waals surface area contributed by atoms with Gasteiger partial charge in [-0.3, -0.25) is 4.99 Å². The van der Waals surface area contributed by atoms with E-state index in [1.807, 2.05) is 0 Å². The lowest BCUT2D eigenvalue weighted by Crippen LogP contribution is -2.23. The number of nitrogens with zero attached hydrogens (tertiary/aromatic N) is 1. The summed E-state index contributed by atoms with van der Waals surface area (Å²) in [5, 5.41) is 2.08. The molecule has 0 saturated carbocycles. The van der Waals surface area contributed by atoms with Crippen molar-refractivity contribution in [2.24, 2.45) is 16.5 Å². The third-order valence-corrected chi connectivity index (χ3v) is 2.68. The number of hydrogen-bond acceptors (Lipinski definition) is 2. The van der Waals surface area contributed by atoms with Gasteiger partial charge in [0.05, 0.1) is 0 Å². The molecule has 0 aliphatic carbocycles. The molecule has 0 atom stereocenters. The second-order valence-corrected chi connectivity index (χ2v) is 3.58. The number of thiophene rings is 1. The first kappa shape index (κ1) is 9.06. The average Bonchev–Trinajstić information content (AvgIpc) is 2.36. The Kier molecular flexibility index (Phi) is 3.10. The van der Waals surface area contributed by atoms with Crippen LogP contribution < -0.4 is 11.5 Å². The first-order chi connectivity index (χ1) is 5.70. The molecule has 0 saturated heterocycles. The second kappa shape index (κ2) is 4.11. The van der Waals surface area contributed by atoms with Crippen LogP contribution in [0.4, 0.5) is 0 Å². The molecule has 12 heavy (non-hydrogen) atoms. The SMILES string of the molecule is Cc1ccsc1CCN=C(N)N. The number of hydrogen-bond donors (Lipinski definition) is 2. The molecule has 0 aliphatic rings. The van der Waals surface area contributed by atoms with Crippen molar-refractivity contribution in [3.63, 3.8) is 0 Å². The van der Waals surface area contributed by atoms with Gasteiger partial charge in [-0.15, -0.1) is 11.3 Å². The van der Waals surface area contributed by atoms with Crippen molar-refractivity contribution in [2.45, 2.75) is 13.3 Å². The summed E-state index contributed by atoms with van der Waals surface area (Å²) >= 11 is 1.75. The smallest absolute Gasteiger partial charge is 0.185 e. The van der Waals surface area contributed by atoms with Crippen LogP contribution in [0.3, 0.4) is 0 Å². The van der Waals surface area contributed by atoms with Crippen molar-refractivity contribution in [2.75, 3.05) is 6.54 Å². The first-order valence-electron chi connectivity index (χ1n) is 3.78. The van der Waals surface area contributed by atoms with Gasteiger partial charge in [-0.05, 0) is 23.9 Å². The van der Waals surface area contributed by atoms with E-state index in [0.717, 1.165) is 6.42 Å². The summed E-state index contributed by atoms with van der Waals surface area (Å²) in [5.74, 6) is 0.171. The molecule has 0 aliphatic heterocycles. The van der Waals surface area contributed by atoms with E-state index in [1.165, 1.54) is 10.4 Å². The molecule has 3 nitrogen and oxygen atoms in total. The minimum Gasteiger partial charge on any atom is -0.370 e. The number of aliphatic imine (C=N–C) groups is 1. The van der Waals surface area contributed by atoms with Crippen LogP contribution in [0.5, 0.6) is 0 Å². The highest BCUT2D eigenvalue weighted by atomic mass is 32.1. The molecule has 1 rings (SSSR count). The summed E-state index contributed by atoms with van der Waals surface area (Å²) in [4.78, 5) is 5.28. The van der Waals surface area contributed by atoms with Crippen LogP contribution >= 0.6 is 11.3 Å². The normalized spacial score (nSPS) is 9.75. The molecular weight excluding hydrogens is 170 g/mol. The molecule has 0 aromatic carbocycles. The molecular formula is C8H13N3S. The molecule has 1 aromatic rings. The zero-order chi connectivity index (χ0) is 8.97. The van der Waals surface area contributed by atoms with Gasteiger partial charge in [0.1, 0.15) is 0 Å². The van der Waals surface area contributed by atoms with E-state index < -0.39 is 0 Å². The second-order valence-electron chi connectivity index (χ2n) is 2.58. The highest BCUT2D eigenvalue weighted by Gasteiger charge is 1.97. The van der Waals surface area contributed by atoms with E-state index in [9.17, 15) is 0 Å². The van der Waals surface area contributed by atoms with Gasteiger partial charge in [0.2, 0.25) is 0 Å². The summed E-state index contributed by atoms with van der Waals surface area (Å²) in [6, 6.07) is 2.11. The molecule has 1 heterocycles. The molecule has 0 radical (unpaired) electrons. The van der Waals surface area contributed by atoms with Gasteiger partial charge >= 0.3 is 0 Å². The van der Waals surface area contributed by atoms with Crippen LogP contribution in [0.2, 0.25) is 0 Å². The van der Waals surface area contributed by atoms with E-state index in [4.69, 9.17) is 11.5 Å². The maximum absolute atomic E-state index is 5.20. The fraction of sp³-hybridized carbons (Fsp3) is 0.375. The Hall–Kier alpha value is -1.03. The molecule has 0 spiro atoms. The Balaban J connectivity index is 2.44. The topological polar surface area (TPSA) is 64.4 Å². The van der Waals surface area contributed by atoms with Gasteiger partial charge < -0.3 is 11.5 Å². The summed E-state index contributed by atoms with van der Waals surface area (Å²) in [6.45, 7) is 2.78. The summed E-state index contributed by atoms with van der Waals surface area (Å²) in [7, 11) is 0. The molecule has 4 N–H and O–H groups in total. The van der Waals surface area contributed by atoms with Gasteiger partial charge in [-0.1, -0.05) is 0 Å². The quantitative estimate of drug-likeness (QED) is 0.539. The largest absolute Gasteiger partial charge is 0.370 e. The molecule has 0 bridgehead atoms. The first-order valence-corrected chi connectivity index (χ1v) is 4.66. The summed E-state index contributed by atoms with van der Waals surface area (Å²) in [5.41, 5.74) is 11.7. The van der Waals surface area contributed by atoms with Crippen molar-refractivity contribution in [3.05, 3.63) is 21.9 Å². The Morgan fingerprint density at radius 2 is 2.33 bits per heavy atom. The molecule has 0 unspecified atom stereocenters. The van der Waals surface area contributed by atoms with Gasteiger partial charge in [0, 0.05) is 17.8 Å². The lowest BCUT2D eigenvalue weighted by molar-refractivity contribution is 0.973. The Bertz CT molecular complexity index is 274. The van der Waals surface area contributed by atoms with Crippen molar-refractivity contribution in [1.29, 1.82) is 0 Å². The van der Waals surface area contributed by atoms with Gasteiger partial charge in [0.25, 0.3) is 0 Å². The highest BCUT2D eigenvalue weighted by molar-refractivity contribution is 7.10. The molecule has 66 valence electrons. The van der Waals surface area contributed by atoms with Crippen LogP contribution in [-0.4, -0.2) is 12.5 Å². The lowest BCUT2D eigenvalue weighted by Gasteiger charge is -1.95. The van der Waals surface area contributed by atoms with Crippen LogP contribution in [0.1, 0.15) is 10.4 Å². The number of rotatable bonds is 3. The van der Waals surface area contributed by atoms with E-state index in [1.54, 1.807) is 11.3 Å². The average molecular weight is 183 g/mol. The van der Waals surface area contributed by atoms with Crippen molar-refractivity contribution >= 4 is 17.3 Å². The molecule has 0 fully saturated rings. The van der Waals surface area contributed by atoms with Gasteiger partial charge in [0.15, 0.2) is 5.96 Å². The molecule has 0 amide bonds. The van der Waals surface area contributed by atoms with Crippen LogP contribution in [-0.2, 0) is 6.42 Å². The lowest BCUT2D eigenvalue weighted by atomic mass is 10.2. The van der Waals surface area contributed by atoms with E-state index in [0.29, 0.717) is 6.54 Å². The van der Waals surface area contributed by atoms with Crippen LogP contribution in [0.25, 0.3) is 0 Å². The minimum atomic E-state index is 0.171. The van der Waals surface area contributed by atoms with Crippen molar-refractivity contribution in [1.82, 2.24) is 0 Å². The van der Waals surface area contributed by atoms with E-state index in [-0.39, 0.29) is 5.96 Å². The van der Waals surface area contributed by atoms with Crippen molar-refractivity contribution < 1.29 is 0 Å². The Morgan fingerprint density at radius 1 is 1.58 bits per heavy atom. The van der Waals surface area contributed by atoms with E-state index in [2.05, 4.69) is 23.4 Å². The maximum Gasteiger partial charge on any atom is 0.185 e. The Labute approximate surface area is 76.1 Å². The predicted molar refractivity (Wildman–Crippen MR) is 53.4 cm³/mol. The maximum atomic E-state index is 5.20. The summed E-state index contributed by atoms with van der Waals surface area (Å²) in [6.07, 6.45) is 0.932. The third kappa shape index (κ3) is 2.54. The van der Waals surface area contributed by atoms with Gasteiger partial charge in [-0.2, -0.15) is 0 Å². The monoisotopic (exact) mass is 183 g/mol. The van der Waals surface area contributed by atoms with Crippen molar-refractivity contribution in [3.8, 4) is 0 Å². The fourth-order valence-electron chi connectivity index (χ4n) is 0.947. The predicted octanol–water partition coefficient (Wildman–Crippen LogP) is 0.872. The summed E-state index contributed by atoms with van der Waals surface area (Å²) < 4.78 is 0. The zero-order valence-electron chi connectivity index (χ0n) is 7.08. The Morgan fingerprint density at radius 3 is 2.83 bits per heavy atom. The number of nitrogens with two attached hydrogens (primary N) is 2. The zero-order valence-corrected chi connectivity index (χ0v) is 7.90. The molecule has 1 aromatic heterocycles. The number of guanidine groups is 1. The number of aryl methyl sites for hydroxylation is 1. The standard InChI is InChI=1S/C8H13N3S/c1-6-3-5-12-7(6)2-4-11-8(9)10/h3,5H,2,4H2,1H3,(H4,9,10,11). The van der Waals surface area contributed by atoms with Crippen LogP contribution in [0.15, 0.2) is 16.4 Å². The molecule has 4 heteroatoms. The van der Waals surface area contributed by atoms with Crippen LogP contribution in [0, 0.1) is 6.92 Å². The minimum absolute atomic E-state index is 0.171. The van der Waals surface area contributed by atoms with E-state index >= 15 is 0 Å². The third-order valence-electron chi connectivity index (χ3n) is 1.60. The highest BCUT2D eigenvalue weighted by Crippen LogP contribution is 2.15. The van der Waals surface area contributed by atoms with Gasteiger partial charge in [-0.25, -0.2) is 0 Å².